The molecule has 0 aromatic heterocycles. The van der Waals surface area contributed by atoms with E-state index in [0.29, 0.717) is 158 Å². The van der Waals surface area contributed by atoms with Gasteiger partial charge in [-0.25, -0.2) is 4.79 Å². The van der Waals surface area contributed by atoms with Gasteiger partial charge >= 0.3 is 12.1 Å². The molecule has 0 radical (unpaired) electrons. The molecule has 316 valence electrons. The molecule has 0 aliphatic rings. The van der Waals surface area contributed by atoms with Gasteiger partial charge in [-0.1, -0.05) is 32.6 Å². The Morgan fingerprint density at radius 1 is 0.415 bits per heavy atom. The summed E-state index contributed by atoms with van der Waals surface area (Å²) in [5.41, 5.74) is -0.515. The average molecular weight is 772 g/mol. The van der Waals surface area contributed by atoms with E-state index in [1.807, 2.05) is 20.8 Å². The molecule has 0 unspecified atom stereocenters. The lowest BCUT2D eigenvalue weighted by atomic mass is 10.1. The summed E-state index contributed by atoms with van der Waals surface area (Å²) in [6.07, 6.45) is 5.59. The van der Waals surface area contributed by atoms with E-state index in [0.717, 1.165) is 12.8 Å². The molecular weight excluding hydrogens is 698 g/mol. The van der Waals surface area contributed by atoms with Gasteiger partial charge in [0.2, 0.25) is 0 Å². The zero-order chi connectivity index (χ0) is 38.8. The molecule has 0 spiro atoms. The van der Waals surface area contributed by atoms with Gasteiger partial charge in [0.15, 0.2) is 0 Å². The van der Waals surface area contributed by atoms with Gasteiger partial charge in [0.1, 0.15) is 12.2 Å². The predicted molar refractivity (Wildman–Crippen MR) is 198 cm³/mol. The molecule has 0 aliphatic heterocycles. The van der Waals surface area contributed by atoms with Crippen LogP contribution in [0.15, 0.2) is 0 Å². The highest BCUT2D eigenvalue weighted by Gasteiger charge is 2.15. The number of nitrogens with one attached hydrogen (secondary N) is 1. The van der Waals surface area contributed by atoms with Gasteiger partial charge in [-0.3, -0.25) is 4.79 Å². The van der Waals surface area contributed by atoms with Crippen molar-refractivity contribution in [2.75, 3.05) is 159 Å². The third kappa shape index (κ3) is 46.4. The fraction of sp³-hybridized carbons (Fsp3) is 0.946. The summed E-state index contributed by atoms with van der Waals surface area (Å²) in [7, 11) is 0. The SMILES string of the molecule is CCCCCCCC(=O)OCCOCCOCCOCCOCCOCCOCCOCCOCCOCCOCCOCCNC(=O)OC(C)(C)C. The number of unbranched alkanes of at least 4 members (excludes halogenated alkanes) is 4. The molecule has 53 heavy (non-hydrogen) atoms. The molecule has 0 aromatic rings. The van der Waals surface area contributed by atoms with Crippen molar-refractivity contribution in [3.63, 3.8) is 0 Å². The minimum atomic E-state index is -0.515. The summed E-state index contributed by atoms with van der Waals surface area (Å²) in [6, 6.07) is 0. The maximum Gasteiger partial charge on any atom is 0.407 e. The highest BCUT2D eigenvalue weighted by Crippen LogP contribution is 2.06. The van der Waals surface area contributed by atoms with Crippen LogP contribution in [0, 0.1) is 0 Å². The second-order valence-corrected chi connectivity index (χ2v) is 12.5. The van der Waals surface area contributed by atoms with E-state index in [9.17, 15) is 9.59 Å². The van der Waals surface area contributed by atoms with Crippen LogP contribution in [0.2, 0.25) is 0 Å². The fourth-order valence-corrected chi connectivity index (χ4v) is 4.00. The summed E-state index contributed by atoms with van der Waals surface area (Å²) in [4.78, 5) is 23.1. The lowest BCUT2D eigenvalue weighted by molar-refractivity contribution is -0.145. The Morgan fingerprint density at radius 2 is 0.717 bits per heavy atom. The van der Waals surface area contributed by atoms with Crippen LogP contribution in [0.3, 0.4) is 0 Å². The van der Waals surface area contributed by atoms with E-state index in [1.54, 1.807) is 0 Å². The number of esters is 1. The summed E-state index contributed by atoms with van der Waals surface area (Å²) < 4.78 is 70.3. The van der Waals surface area contributed by atoms with Gasteiger partial charge in [-0.2, -0.15) is 0 Å². The molecule has 0 atom stereocenters. The number of alkyl carbamates (subject to hydrolysis) is 1. The molecule has 0 rings (SSSR count). The summed E-state index contributed by atoms with van der Waals surface area (Å²) >= 11 is 0. The Kier molecular flexibility index (Phi) is 40.1. The average Bonchev–Trinajstić information content (AvgIpc) is 3.12. The number of carbonyl (C=O) groups is 2. The molecule has 0 saturated heterocycles. The molecule has 0 aliphatic carbocycles. The molecule has 1 amide bonds. The zero-order valence-corrected chi connectivity index (χ0v) is 33.3. The predicted octanol–water partition coefficient (Wildman–Crippen LogP) is 3.60. The Hall–Kier alpha value is -1.70. The van der Waals surface area contributed by atoms with E-state index in [1.165, 1.54) is 19.3 Å². The van der Waals surface area contributed by atoms with E-state index >= 15 is 0 Å². The van der Waals surface area contributed by atoms with Crippen LogP contribution in [0.25, 0.3) is 0 Å². The van der Waals surface area contributed by atoms with Crippen LogP contribution < -0.4 is 5.32 Å². The minimum Gasteiger partial charge on any atom is -0.463 e. The largest absolute Gasteiger partial charge is 0.463 e. The monoisotopic (exact) mass is 771 g/mol. The number of hydrogen-bond donors (Lipinski definition) is 1. The summed E-state index contributed by atoms with van der Waals surface area (Å²) in [6.45, 7) is 18.6. The van der Waals surface area contributed by atoms with Gasteiger partial charge in [-0.05, 0) is 27.2 Å². The topological polar surface area (TPSA) is 166 Å². The minimum absolute atomic E-state index is 0.152. The molecule has 0 bridgehead atoms. The quantitative estimate of drug-likeness (QED) is 0.0706. The molecule has 16 nitrogen and oxygen atoms in total. The maximum atomic E-state index is 11.6. The van der Waals surface area contributed by atoms with Gasteiger partial charge in [0.25, 0.3) is 0 Å². The number of carbonyl (C=O) groups excluding carboxylic acids is 2. The standard InChI is InChI=1S/C37H73NO15/c1-5-6-7-8-9-10-35(39)52-34-33-51-32-31-50-30-29-49-28-27-48-26-25-47-24-23-46-22-21-45-20-19-44-18-17-43-16-15-42-14-13-41-12-11-38-36(40)53-37(2,3)4/h5-34H2,1-4H3,(H,38,40). The van der Waals surface area contributed by atoms with Crippen molar-refractivity contribution >= 4 is 12.1 Å². The first-order chi connectivity index (χ1) is 25.8. The molecule has 16 heteroatoms. The first-order valence-corrected chi connectivity index (χ1v) is 19.3. The van der Waals surface area contributed by atoms with Gasteiger partial charge in [-0.15, -0.1) is 0 Å². The van der Waals surface area contributed by atoms with E-state index < -0.39 is 11.7 Å². The van der Waals surface area contributed by atoms with Crippen molar-refractivity contribution in [3.8, 4) is 0 Å². The summed E-state index contributed by atoms with van der Waals surface area (Å²) in [5, 5.41) is 2.63. The van der Waals surface area contributed by atoms with Gasteiger partial charge in [0, 0.05) is 13.0 Å². The second kappa shape index (κ2) is 41.5. The van der Waals surface area contributed by atoms with E-state index in [-0.39, 0.29) is 12.6 Å². The lowest BCUT2D eigenvalue weighted by Crippen LogP contribution is -2.34. The zero-order valence-electron chi connectivity index (χ0n) is 33.3. The van der Waals surface area contributed by atoms with Crippen molar-refractivity contribution in [3.05, 3.63) is 0 Å². The van der Waals surface area contributed by atoms with Crippen molar-refractivity contribution in [1.29, 1.82) is 0 Å². The van der Waals surface area contributed by atoms with Gasteiger partial charge in [0.05, 0.1) is 145 Å². The first kappa shape index (κ1) is 51.3. The van der Waals surface area contributed by atoms with Crippen molar-refractivity contribution in [2.24, 2.45) is 0 Å². The molecule has 0 heterocycles. The third-order valence-corrected chi connectivity index (χ3v) is 6.61. The lowest BCUT2D eigenvalue weighted by Gasteiger charge is -2.19. The highest BCUT2D eigenvalue weighted by atomic mass is 16.6. The van der Waals surface area contributed by atoms with Crippen molar-refractivity contribution in [1.82, 2.24) is 5.32 Å². The van der Waals surface area contributed by atoms with Crippen molar-refractivity contribution in [2.45, 2.75) is 71.8 Å². The van der Waals surface area contributed by atoms with Crippen LogP contribution in [0.5, 0.6) is 0 Å². The van der Waals surface area contributed by atoms with Crippen LogP contribution >= 0.6 is 0 Å². The smallest absolute Gasteiger partial charge is 0.407 e. The highest BCUT2D eigenvalue weighted by molar-refractivity contribution is 5.69. The maximum absolute atomic E-state index is 11.6. The first-order valence-electron chi connectivity index (χ1n) is 19.3. The molecule has 0 aromatic carbocycles. The van der Waals surface area contributed by atoms with Crippen LogP contribution in [0.1, 0.15) is 66.2 Å². The van der Waals surface area contributed by atoms with E-state index in [2.05, 4.69) is 12.2 Å². The van der Waals surface area contributed by atoms with Crippen molar-refractivity contribution < 1.29 is 71.2 Å². The molecule has 0 saturated carbocycles. The van der Waals surface area contributed by atoms with Crippen LogP contribution in [-0.4, -0.2) is 176 Å². The number of hydrogen-bond acceptors (Lipinski definition) is 15. The molecule has 1 N–H and O–H groups in total. The number of rotatable bonds is 42. The van der Waals surface area contributed by atoms with Crippen LogP contribution in [-0.2, 0) is 66.4 Å². The van der Waals surface area contributed by atoms with Gasteiger partial charge < -0.3 is 66.9 Å². The second-order valence-electron chi connectivity index (χ2n) is 12.5. The van der Waals surface area contributed by atoms with Crippen LogP contribution in [0.4, 0.5) is 4.79 Å². The fourth-order valence-electron chi connectivity index (χ4n) is 4.00. The molecule has 0 fully saturated rings. The Bertz CT molecular complexity index is 773. The Balaban J connectivity index is 3.13. The Morgan fingerprint density at radius 3 is 1.04 bits per heavy atom. The third-order valence-electron chi connectivity index (χ3n) is 6.61. The number of ether oxygens (including phenoxy) is 13. The summed E-state index contributed by atoms with van der Waals surface area (Å²) in [5.74, 6) is -0.152. The van der Waals surface area contributed by atoms with E-state index in [4.69, 9.17) is 61.6 Å². The normalized spacial score (nSPS) is 11.6. The Labute approximate surface area is 318 Å². The molecular formula is C37H73NO15. The number of amides is 1.